The van der Waals surface area contributed by atoms with Crippen molar-refractivity contribution >= 4 is 111 Å². The van der Waals surface area contributed by atoms with Gasteiger partial charge in [0.15, 0.2) is 0 Å². The third kappa shape index (κ3) is 8.18. The van der Waals surface area contributed by atoms with Crippen molar-refractivity contribution in [1.29, 1.82) is 0 Å². The normalized spacial score (nSPS) is 12.0. The van der Waals surface area contributed by atoms with Crippen LogP contribution in [0.1, 0.15) is 11.1 Å². The van der Waals surface area contributed by atoms with Crippen molar-refractivity contribution in [2.75, 3.05) is 0 Å². The predicted octanol–water partition coefficient (Wildman–Crippen LogP) is 17.4. The molecule has 14 rings (SSSR count). The third-order valence-corrected chi connectivity index (χ3v) is 24.9. The van der Waals surface area contributed by atoms with Gasteiger partial charge in [-0.2, -0.15) is 0 Å². The maximum atomic E-state index is 6.82. The summed E-state index contributed by atoms with van der Waals surface area (Å²) in [5.41, 5.74) is 2.54. The topological polar surface area (TPSA) is 9.23 Å². The van der Waals surface area contributed by atoms with Crippen molar-refractivity contribution in [1.82, 2.24) is 0 Å². The SMILES string of the molecule is c1ccc2c([P+](Cc3ccc(Oc4ccc(C[P+](c5cccc6ccccc56)(c5cccc6ccccc56)c5cccc6ccccc56)cc4)cc3)(c3cccc4ccccc34)c3cccc4ccccc34)cccc2c1. The van der Waals surface area contributed by atoms with Gasteiger partial charge in [0.2, 0.25) is 0 Å². The minimum Gasteiger partial charge on any atom is -0.457 e. The molecule has 0 amide bonds. The maximum Gasteiger partial charge on any atom is 0.127 e. The zero-order chi connectivity index (χ0) is 51.2. The molecule has 0 fully saturated rings. The second-order valence-electron chi connectivity index (χ2n) is 20.3. The van der Waals surface area contributed by atoms with Crippen LogP contribution >= 0.6 is 14.5 Å². The Morgan fingerprint density at radius 1 is 0.195 bits per heavy atom. The number of ether oxygens (including phenoxy) is 1. The van der Waals surface area contributed by atoms with Gasteiger partial charge in [-0.15, -0.1) is 0 Å². The molecule has 0 aromatic heterocycles. The van der Waals surface area contributed by atoms with E-state index in [9.17, 15) is 0 Å². The van der Waals surface area contributed by atoms with Gasteiger partial charge in [-0.1, -0.05) is 243 Å². The van der Waals surface area contributed by atoms with Gasteiger partial charge in [0, 0.05) is 32.3 Å². The highest BCUT2D eigenvalue weighted by Crippen LogP contribution is 2.63. The first kappa shape index (κ1) is 46.8. The van der Waals surface area contributed by atoms with Crippen molar-refractivity contribution in [3.63, 3.8) is 0 Å². The molecule has 0 unspecified atom stereocenters. The Hall–Kier alpha value is -8.70. The van der Waals surface area contributed by atoms with E-state index in [-0.39, 0.29) is 0 Å². The Kier molecular flexibility index (Phi) is 12.0. The van der Waals surface area contributed by atoms with E-state index >= 15 is 0 Å². The highest BCUT2D eigenvalue weighted by Gasteiger charge is 2.50. The van der Waals surface area contributed by atoms with E-state index < -0.39 is 14.5 Å². The molecule has 0 saturated carbocycles. The molecule has 0 heterocycles. The van der Waals surface area contributed by atoms with Gasteiger partial charge in [-0.25, -0.2) is 0 Å². The molecule has 0 atom stereocenters. The summed E-state index contributed by atoms with van der Waals surface area (Å²) >= 11 is 0. The Morgan fingerprint density at radius 3 is 0.610 bits per heavy atom. The lowest BCUT2D eigenvalue weighted by atomic mass is 10.1. The molecule has 3 heteroatoms. The van der Waals surface area contributed by atoms with Crippen molar-refractivity contribution in [2.24, 2.45) is 0 Å². The number of benzene rings is 14. The Bertz CT molecular complexity index is 3800. The zero-order valence-corrected chi connectivity index (χ0v) is 44.4. The largest absolute Gasteiger partial charge is 0.457 e. The lowest BCUT2D eigenvalue weighted by Crippen LogP contribution is -2.34. The predicted molar refractivity (Wildman–Crippen MR) is 336 cm³/mol. The number of rotatable bonds is 12. The van der Waals surface area contributed by atoms with Crippen LogP contribution < -0.4 is 36.6 Å². The van der Waals surface area contributed by atoms with Crippen LogP contribution in [0.15, 0.2) is 303 Å². The summed E-state index contributed by atoms with van der Waals surface area (Å²) in [5, 5.41) is 23.8. The monoisotopic (exact) mass is 1020 g/mol. The number of hydrogen-bond acceptors (Lipinski definition) is 1. The van der Waals surface area contributed by atoms with Crippen LogP contribution in [0.25, 0.3) is 64.6 Å². The maximum absolute atomic E-state index is 6.82. The van der Waals surface area contributed by atoms with Gasteiger partial charge < -0.3 is 4.74 Å². The Labute approximate surface area is 451 Å². The molecule has 0 saturated heterocycles. The first-order valence-electron chi connectivity index (χ1n) is 26.7. The van der Waals surface area contributed by atoms with E-state index in [4.69, 9.17) is 4.74 Å². The van der Waals surface area contributed by atoms with E-state index in [0.29, 0.717) is 0 Å². The van der Waals surface area contributed by atoms with Crippen LogP contribution in [-0.4, -0.2) is 0 Å². The molecule has 14 aromatic rings. The van der Waals surface area contributed by atoms with Gasteiger partial charge in [0.25, 0.3) is 0 Å². The highest BCUT2D eigenvalue weighted by molar-refractivity contribution is 7.96. The van der Waals surface area contributed by atoms with Crippen molar-refractivity contribution in [2.45, 2.75) is 12.3 Å². The molecular formula is C74H54OP2+2. The van der Waals surface area contributed by atoms with E-state index in [1.807, 2.05) is 0 Å². The van der Waals surface area contributed by atoms with Gasteiger partial charge in [0.05, 0.1) is 12.3 Å². The van der Waals surface area contributed by atoms with Crippen LogP contribution in [0, 0.1) is 0 Å². The molecule has 77 heavy (non-hydrogen) atoms. The molecule has 0 aliphatic heterocycles. The van der Waals surface area contributed by atoms with Crippen molar-refractivity contribution in [3.05, 3.63) is 314 Å². The summed E-state index contributed by atoms with van der Waals surface area (Å²) < 4.78 is 6.82. The third-order valence-electron chi connectivity index (χ3n) is 16.0. The molecule has 0 spiro atoms. The molecule has 14 aromatic carbocycles. The van der Waals surface area contributed by atoms with Gasteiger partial charge in [-0.3, -0.25) is 0 Å². The summed E-state index contributed by atoms with van der Waals surface area (Å²) in [5.74, 6) is 1.63. The van der Waals surface area contributed by atoms with E-state index in [2.05, 4.69) is 303 Å². The molecular weight excluding hydrogens is 967 g/mol. The Balaban J connectivity index is 0.869. The summed E-state index contributed by atoms with van der Waals surface area (Å²) in [6.45, 7) is 0. The summed E-state index contributed by atoms with van der Waals surface area (Å²) in [6.07, 6.45) is 1.68. The fourth-order valence-electron chi connectivity index (χ4n) is 12.5. The van der Waals surface area contributed by atoms with Crippen LogP contribution in [0.3, 0.4) is 0 Å². The Morgan fingerprint density at radius 2 is 0.390 bits per heavy atom. The molecule has 0 radical (unpaired) electrons. The summed E-state index contributed by atoms with van der Waals surface area (Å²) in [6, 6.07) is 113. The molecule has 0 N–H and O–H groups in total. The van der Waals surface area contributed by atoms with Gasteiger partial charge in [-0.05, 0) is 104 Å². The van der Waals surface area contributed by atoms with Crippen LogP contribution in [0.2, 0.25) is 0 Å². The lowest BCUT2D eigenvalue weighted by Gasteiger charge is -2.31. The van der Waals surface area contributed by atoms with Crippen LogP contribution in [0.5, 0.6) is 11.5 Å². The quantitative estimate of drug-likeness (QED) is 0.111. The number of fused-ring (bicyclic) bond motifs is 6. The second kappa shape index (κ2) is 19.8. The average molecular weight is 1020 g/mol. The van der Waals surface area contributed by atoms with Crippen molar-refractivity contribution < 1.29 is 4.74 Å². The molecule has 1 nitrogen and oxygen atoms in total. The molecule has 0 aliphatic carbocycles. The zero-order valence-electron chi connectivity index (χ0n) is 42.6. The average Bonchev–Trinajstić information content (AvgIpc) is 3.54. The van der Waals surface area contributed by atoms with Crippen LogP contribution in [0.4, 0.5) is 0 Å². The van der Waals surface area contributed by atoms with E-state index in [1.165, 1.54) is 108 Å². The fourth-order valence-corrected chi connectivity index (χ4v) is 22.4. The highest BCUT2D eigenvalue weighted by atomic mass is 31.2. The first-order valence-corrected chi connectivity index (χ1v) is 30.6. The van der Waals surface area contributed by atoms with Crippen LogP contribution in [-0.2, 0) is 12.3 Å². The standard InChI is InChI=1S/C74H54OP2/c1-7-31-63-55(19-1)25-13-37-69(63)76(70-38-14-26-56-20-2-8-32-64(56)70,71-39-15-27-57-21-3-9-33-65(57)71)51-53-43-47-61(48-44-53)75-62-49-45-54(46-50-62)52-77(72-40-16-28-58-22-4-10-34-66(58)72,73-41-17-29-59-23-5-11-35-67(59)73)74-42-18-30-60-24-6-12-36-68(60)74/h1-50H,51-52H2/q+2. The van der Waals surface area contributed by atoms with Gasteiger partial charge >= 0.3 is 0 Å². The lowest BCUT2D eigenvalue weighted by molar-refractivity contribution is 0.482. The minimum absolute atomic E-state index is 0.815. The second-order valence-corrected chi connectivity index (χ2v) is 27.1. The first-order chi connectivity index (χ1) is 38.1. The summed E-state index contributed by atoms with van der Waals surface area (Å²) in [4.78, 5) is 0. The molecule has 364 valence electrons. The van der Waals surface area contributed by atoms with E-state index in [0.717, 1.165) is 23.8 Å². The fraction of sp³-hybridized carbons (Fsp3) is 0.0270. The summed E-state index contributed by atoms with van der Waals surface area (Å²) in [7, 11) is -4.93. The molecule has 0 aliphatic rings. The number of hydrogen-bond donors (Lipinski definition) is 0. The minimum atomic E-state index is -2.46. The van der Waals surface area contributed by atoms with Gasteiger partial charge in [0.1, 0.15) is 57.9 Å². The molecule has 0 bridgehead atoms. The van der Waals surface area contributed by atoms with E-state index in [1.54, 1.807) is 0 Å². The van der Waals surface area contributed by atoms with Crippen molar-refractivity contribution in [3.8, 4) is 11.5 Å². The smallest absolute Gasteiger partial charge is 0.127 e.